The molecule has 0 radical (unpaired) electrons. The summed E-state index contributed by atoms with van der Waals surface area (Å²) < 4.78 is 26.4. The van der Waals surface area contributed by atoms with E-state index in [-0.39, 0.29) is 11.4 Å². The molecule has 1 N–H and O–H groups in total. The van der Waals surface area contributed by atoms with E-state index in [0.717, 1.165) is 5.56 Å². The molecule has 0 unspecified atom stereocenters. The van der Waals surface area contributed by atoms with E-state index in [9.17, 15) is 9.18 Å². The second-order valence-corrected chi connectivity index (χ2v) is 7.72. The molecule has 0 bridgehead atoms. The SMILES string of the molecule is COc1ccc(-c2cc(C(=O)Nc3cc(C)nn3-c3ccccc3F)c3c(C)noc3n2)cc1. The van der Waals surface area contributed by atoms with Gasteiger partial charge in [-0.1, -0.05) is 17.3 Å². The largest absolute Gasteiger partial charge is 0.497 e. The lowest BCUT2D eigenvalue weighted by Gasteiger charge is -2.11. The van der Waals surface area contributed by atoms with E-state index >= 15 is 0 Å². The average molecular weight is 457 g/mol. The zero-order chi connectivity index (χ0) is 23.8. The number of aromatic nitrogens is 4. The molecule has 3 aromatic heterocycles. The minimum Gasteiger partial charge on any atom is -0.497 e. The third-order valence-corrected chi connectivity index (χ3v) is 5.40. The molecule has 34 heavy (non-hydrogen) atoms. The van der Waals surface area contributed by atoms with Crippen molar-refractivity contribution >= 4 is 22.8 Å². The molecule has 0 fully saturated rings. The minimum absolute atomic E-state index is 0.228. The monoisotopic (exact) mass is 457 g/mol. The van der Waals surface area contributed by atoms with Crippen molar-refractivity contribution in [1.29, 1.82) is 0 Å². The maximum atomic E-state index is 14.4. The van der Waals surface area contributed by atoms with Crippen molar-refractivity contribution in [2.24, 2.45) is 0 Å². The maximum Gasteiger partial charge on any atom is 0.259 e. The number of para-hydroxylation sites is 1. The second kappa shape index (κ2) is 8.43. The highest BCUT2D eigenvalue weighted by Crippen LogP contribution is 2.29. The van der Waals surface area contributed by atoms with Crippen LogP contribution in [0.2, 0.25) is 0 Å². The van der Waals surface area contributed by atoms with E-state index in [1.54, 1.807) is 51.3 Å². The molecule has 5 rings (SSSR count). The summed E-state index contributed by atoms with van der Waals surface area (Å²) in [5.74, 6) is 0.155. The van der Waals surface area contributed by atoms with Gasteiger partial charge in [0.1, 0.15) is 23.1 Å². The van der Waals surface area contributed by atoms with Crippen molar-refractivity contribution in [2.75, 3.05) is 12.4 Å². The first kappa shape index (κ1) is 21.3. The molecule has 9 heteroatoms. The number of anilines is 1. The van der Waals surface area contributed by atoms with Crippen LogP contribution in [-0.4, -0.2) is 32.9 Å². The standard InChI is InChI=1S/C25H20FN5O3/c1-14-12-22(31(29-14)21-7-5-4-6-19(21)26)28-24(32)18-13-20(16-8-10-17(33-3)11-9-16)27-25-23(18)15(2)30-34-25/h4-13H,1-3H3,(H,28,32). The van der Waals surface area contributed by atoms with Crippen molar-refractivity contribution < 1.29 is 18.4 Å². The van der Waals surface area contributed by atoms with E-state index < -0.39 is 11.7 Å². The summed E-state index contributed by atoms with van der Waals surface area (Å²) in [6.07, 6.45) is 0. The van der Waals surface area contributed by atoms with Crippen LogP contribution in [0.15, 0.2) is 65.2 Å². The normalized spacial score (nSPS) is 11.1. The van der Waals surface area contributed by atoms with Gasteiger partial charge in [-0.15, -0.1) is 0 Å². The van der Waals surface area contributed by atoms with Gasteiger partial charge in [-0.25, -0.2) is 14.1 Å². The smallest absolute Gasteiger partial charge is 0.259 e. The number of fused-ring (bicyclic) bond motifs is 1. The van der Waals surface area contributed by atoms with Crippen molar-refractivity contribution in [1.82, 2.24) is 19.9 Å². The number of pyridine rings is 1. The first-order valence-corrected chi connectivity index (χ1v) is 10.5. The Morgan fingerprint density at radius 1 is 1.09 bits per heavy atom. The molecule has 0 aliphatic rings. The number of aryl methyl sites for hydroxylation is 2. The zero-order valence-electron chi connectivity index (χ0n) is 18.7. The summed E-state index contributed by atoms with van der Waals surface area (Å²) in [6, 6.07) is 16.9. The van der Waals surface area contributed by atoms with Crippen LogP contribution in [0.3, 0.4) is 0 Å². The molecule has 0 aliphatic heterocycles. The molecule has 170 valence electrons. The van der Waals surface area contributed by atoms with Crippen LogP contribution >= 0.6 is 0 Å². The van der Waals surface area contributed by atoms with Crippen LogP contribution in [0, 0.1) is 19.7 Å². The number of halogens is 1. The van der Waals surface area contributed by atoms with Gasteiger partial charge in [0, 0.05) is 11.6 Å². The van der Waals surface area contributed by atoms with Crippen LogP contribution in [0.4, 0.5) is 10.2 Å². The quantitative estimate of drug-likeness (QED) is 0.395. The van der Waals surface area contributed by atoms with Crippen molar-refractivity contribution in [3.05, 3.63) is 83.4 Å². The number of carbonyl (C=O) groups is 1. The highest BCUT2D eigenvalue weighted by atomic mass is 19.1. The number of amides is 1. The molecule has 0 spiro atoms. The van der Waals surface area contributed by atoms with Gasteiger partial charge in [-0.05, 0) is 56.3 Å². The molecule has 0 atom stereocenters. The van der Waals surface area contributed by atoms with Gasteiger partial charge in [0.15, 0.2) is 0 Å². The lowest BCUT2D eigenvalue weighted by atomic mass is 10.0. The van der Waals surface area contributed by atoms with E-state index in [2.05, 4.69) is 20.6 Å². The third kappa shape index (κ3) is 3.77. The lowest BCUT2D eigenvalue weighted by molar-refractivity contribution is 0.102. The Labute approximate surface area is 194 Å². The molecular weight excluding hydrogens is 437 g/mol. The summed E-state index contributed by atoms with van der Waals surface area (Å²) in [6.45, 7) is 3.51. The molecular formula is C25H20FN5O3. The molecule has 5 aromatic rings. The topological polar surface area (TPSA) is 95.1 Å². The van der Waals surface area contributed by atoms with Gasteiger partial charge < -0.3 is 14.6 Å². The van der Waals surface area contributed by atoms with Gasteiger partial charge in [-0.3, -0.25) is 4.79 Å². The number of benzene rings is 2. The average Bonchev–Trinajstić information content (AvgIpc) is 3.40. The number of nitrogens with one attached hydrogen (secondary N) is 1. The van der Waals surface area contributed by atoms with E-state index in [4.69, 9.17) is 9.26 Å². The molecule has 0 saturated heterocycles. The van der Waals surface area contributed by atoms with Crippen molar-refractivity contribution in [2.45, 2.75) is 13.8 Å². The fourth-order valence-electron chi connectivity index (χ4n) is 3.76. The zero-order valence-corrected chi connectivity index (χ0v) is 18.7. The lowest BCUT2D eigenvalue weighted by Crippen LogP contribution is -2.16. The Kier molecular flexibility index (Phi) is 5.29. The van der Waals surface area contributed by atoms with Gasteiger partial charge in [0.05, 0.1) is 35.1 Å². The summed E-state index contributed by atoms with van der Waals surface area (Å²) in [4.78, 5) is 18.0. The van der Waals surface area contributed by atoms with Crippen LogP contribution in [0.1, 0.15) is 21.7 Å². The van der Waals surface area contributed by atoms with E-state index in [1.807, 2.05) is 24.3 Å². The maximum absolute atomic E-state index is 14.4. The van der Waals surface area contributed by atoms with Crippen LogP contribution < -0.4 is 10.1 Å². The predicted octanol–water partition coefficient (Wildman–Crippen LogP) is 5.09. The summed E-state index contributed by atoms with van der Waals surface area (Å²) >= 11 is 0. The first-order valence-electron chi connectivity index (χ1n) is 10.5. The Bertz CT molecular complexity index is 1520. The Morgan fingerprint density at radius 3 is 2.59 bits per heavy atom. The number of rotatable bonds is 5. The summed E-state index contributed by atoms with van der Waals surface area (Å²) in [5, 5.41) is 11.7. The molecule has 1 amide bonds. The van der Waals surface area contributed by atoms with E-state index in [1.165, 1.54) is 10.7 Å². The number of nitrogens with zero attached hydrogens (tertiary/aromatic N) is 4. The van der Waals surface area contributed by atoms with Crippen LogP contribution in [0.5, 0.6) is 5.75 Å². The second-order valence-electron chi connectivity index (χ2n) is 7.72. The molecule has 8 nitrogen and oxygen atoms in total. The number of hydrogen-bond donors (Lipinski definition) is 1. The summed E-state index contributed by atoms with van der Waals surface area (Å²) in [7, 11) is 1.59. The molecule has 0 aliphatic carbocycles. The highest BCUT2D eigenvalue weighted by Gasteiger charge is 2.21. The summed E-state index contributed by atoms with van der Waals surface area (Å²) in [5.41, 5.74) is 3.27. The van der Waals surface area contributed by atoms with Crippen LogP contribution in [-0.2, 0) is 0 Å². The minimum atomic E-state index is -0.455. The number of hydrogen-bond acceptors (Lipinski definition) is 6. The third-order valence-electron chi connectivity index (χ3n) is 5.40. The van der Waals surface area contributed by atoms with Gasteiger partial charge >= 0.3 is 0 Å². The Morgan fingerprint density at radius 2 is 1.85 bits per heavy atom. The first-order chi connectivity index (χ1) is 16.4. The van der Waals surface area contributed by atoms with Crippen LogP contribution in [0.25, 0.3) is 28.0 Å². The van der Waals surface area contributed by atoms with E-state index in [0.29, 0.717) is 39.6 Å². The highest BCUT2D eigenvalue weighted by molar-refractivity contribution is 6.12. The molecule has 2 aromatic carbocycles. The van der Waals surface area contributed by atoms with Gasteiger partial charge in [-0.2, -0.15) is 5.10 Å². The van der Waals surface area contributed by atoms with Gasteiger partial charge in [0.2, 0.25) is 0 Å². The van der Waals surface area contributed by atoms with Crippen molar-refractivity contribution in [3.8, 4) is 22.7 Å². The molecule has 3 heterocycles. The van der Waals surface area contributed by atoms with Crippen molar-refractivity contribution in [3.63, 3.8) is 0 Å². The Hall–Kier alpha value is -4.53. The predicted molar refractivity (Wildman–Crippen MR) is 125 cm³/mol. The molecule has 0 saturated carbocycles. The number of ether oxygens (including phenoxy) is 1. The number of carbonyl (C=O) groups excluding carboxylic acids is 1. The van der Waals surface area contributed by atoms with Gasteiger partial charge in [0.25, 0.3) is 11.6 Å². The fraction of sp³-hybridized carbons (Fsp3) is 0.120. The fourth-order valence-corrected chi connectivity index (χ4v) is 3.76. The Balaban J connectivity index is 1.58. The number of methoxy groups -OCH3 is 1.